The number of hydrogen-bond acceptors (Lipinski definition) is 4. The Labute approximate surface area is 115 Å². The maximum atomic E-state index is 12.6. The molecule has 3 rings (SSSR count). The third kappa shape index (κ3) is 2.42. The first-order valence-corrected chi connectivity index (χ1v) is 6.38. The van der Waals surface area contributed by atoms with E-state index in [1.165, 1.54) is 0 Å². The van der Waals surface area contributed by atoms with Gasteiger partial charge >= 0.3 is 6.18 Å². The van der Waals surface area contributed by atoms with Crippen LogP contribution in [0.3, 0.4) is 0 Å². The van der Waals surface area contributed by atoms with E-state index in [1.807, 2.05) is 30.3 Å². The molecule has 0 fully saturated rings. The van der Waals surface area contributed by atoms with Gasteiger partial charge in [0.25, 0.3) is 5.82 Å². The summed E-state index contributed by atoms with van der Waals surface area (Å²) in [6, 6.07) is 9.41. The summed E-state index contributed by atoms with van der Waals surface area (Å²) in [6.07, 6.45) is -1.14. The van der Waals surface area contributed by atoms with E-state index in [2.05, 4.69) is 15.3 Å². The molecule has 1 aromatic carbocycles. The third-order valence-corrected chi connectivity index (χ3v) is 3.34. The van der Waals surface area contributed by atoms with E-state index in [1.54, 1.807) is 12.2 Å². The number of benzene rings is 1. The first kappa shape index (κ1) is 12.8. The Balaban J connectivity index is 1.94. The van der Waals surface area contributed by atoms with Crippen molar-refractivity contribution in [2.45, 2.75) is 6.18 Å². The van der Waals surface area contributed by atoms with E-state index in [-0.39, 0.29) is 4.96 Å². The number of alkyl halides is 3. The molecular weight excluding hydrogens is 289 g/mol. The van der Waals surface area contributed by atoms with Gasteiger partial charge < -0.3 is 0 Å². The Morgan fingerprint density at radius 2 is 1.80 bits per heavy atom. The van der Waals surface area contributed by atoms with Crippen LogP contribution in [0.25, 0.3) is 17.1 Å². The van der Waals surface area contributed by atoms with Gasteiger partial charge in [0.05, 0.1) is 0 Å². The van der Waals surface area contributed by atoms with Gasteiger partial charge in [0.15, 0.2) is 0 Å². The molecule has 4 nitrogen and oxygen atoms in total. The molecule has 2 heterocycles. The summed E-state index contributed by atoms with van der Waals surface area (Å²) in [6.45, 7) is 0. The molecule has 20 heavy (non-hydrogen) atoms. The molecule has 0 unspecified atom stereocenters. The van der Waals surface area contributed by atoms with E-state index in [0.29, 0.717) is 5.01 Å². The van der Waals surface area contributed by atoms with E-state index in [4.69, 9.17) is 0 Å². The number of rotatable bonds is 2. The Morgan fingerprint density at radius 3 is 2.50 bits per heavy atom. The van der Waals surface area contributed by atoms with Gasteiger partial charge in [-0.25, -0.2) is 0 Å². The molecule has 0 N–H and O–H groups in total. The van der Waals surface area contributed by atoms with Crippen LogP contribution < -0.4 is 0 Å². The van der Waals surface area contributed by atoms with Crippen molar-refractivity contribution in [2.75, 3.05) is 0 Å². The Bertz CT molecular complexity index is 758. The molecule has 0 spiro atoms. The maximum absolute atomic E-state index is 12.6. The van der Waals surface area contributed by atoms with E-state index in [0.717, 1.165) is 21.4 Å². The van der Waals surface area contributed by atoms with Gasteiger partial charge in [-0.3, -0.25) is 0 Å². The fraction of sp³-hybridized carbons (Fsp3) is 0.0833. The van der Waals surface area contributed by atoms with Crippen molar-refractivity contribution in [3.63, 3.8) is 0 Å². The van der Waals surface area contributed by atoms with Gasteiger partial charge in [-0.05, 0) is 11.6 Å². The van der Waals surface area contributed by atoms with Crippen molar-refractivity contribution >= 4 is 28.4 Å². The first-order chi connectivity index (χ1) is 9.54. The fourth-order valence-electron chi connectivity index (χ4n) is 1.61. The second-order valence-corrected chi connectivity index (χ2v) is 4.89. The van der Waals surface area contributed by atoms with Crippen molar-refractivity contribution in [1.29, 1.82) is 0 Å². The van der Waals surface area contributed by atoms with Gasteiger partial charge in [-0.15, -0.1) is 10.2 Å². The molecule has 0 aliphatic rings. The maximum Gasteiger partial charge on any atom is 0.453 e. The number of hydrogen-bond donors (Lipinski definition) is 0. The molecular formula is C12H7F3N4S. The van der Waals surface area contributed by atoms with Gasteiger partial charge in [-0.1, -0.05) is 47.7 Å². The molecule has 0 atom stereocenters. The molecule has 102 valence electrons. The number of halogens is 3. The second kappa shape index (κ2) is 4.71. The lowest BCUT2D eigenvalue weighted by atomic mass is 10.2. The number of aromatic nitrogens is 4. The lowest BCUT2D eigenvalue weighted by Gasteiger charge is -1.99. The van der Waals surface area contributed by atoms with Crippen molar-refractivity contribution in [3.8, 4) is 0 Å². The van der Waals surface area contributed by atoms with E-state index in [9.17, 15) is 13.2 Å². The zero-order valence-electron chi connectivity index (χ0n) is 9.87. The topological polar surface area (TPSA) is 43.1 Å². The molecule has 3 aromatic rings. The van der Waals surface area contributed by atoms with E-state index >= 15 is 0 Å². The second-order valence-electron chi connectivity index (χ2n) is 3.90. The van der Waals surface area contributed by atoms with Crippen LogP contribution in [-0.2, 0) is 6.18 Å². The summed E-state index contributed by atoms with van der Waals surface area (Å²) >= 11 is 1.04. The summed E-state index contributed by atoms with van der Waals surface area (Å²) < 4.78 is 38.6. The zero-order valence-corrected chi connectivity index (χ0v) is 10.7. The summed E-state index contributed by atoms with van der Waals surface area (Å²) in [5, 5.41) is 10.9. The van der Waals surface area contributed by atoms with Crippen LogP contribution in [0.5, 0.6) is 0 Å². The van der Waals surface area contributed by atoms with Crippen molar-refractivity contribution in [3.05, 3.63) is 46.7 Å². The Kier molecular flexibility index (Phi) is 3.01. The molecule has 0 amide bonds. The molecule has 0 saturated carbocycles. The molecule has 2 aromatic heterocycles. The van der Waals surface area contributed by atoms with Crippen molar-refractivity contribution in [2.24, 2.45) is 0 Å². The molecule has 0 saturated heterocycles. The minimum atomic E-state index is -4.56. The predicted octanol–water partition coefficient (Wildman–Crippen LogP) is 3.38. The largest absolute Gasteiger partial charge is 0.453 e. The van der Waals surface area contributed by atoms with Crippen molar-refractivity contribution in [1.82, 2.24) is 19.8 Å². The molecule has 0 bridgehead atoms. The standard InChI is InChI=1S/C12H7F3N4S/c13-12(14,15)10-16-17-11-19(10)18-9(20-11)7-6-8-4-2-1-3-5-8/h1-7H. The predicted molar refractivity (Wildman–Crippen MR) is 69.0 cm³/mol. The highest BCUT2D eigenvalue weighted by Crippen LogP contribution is 2.29. The van der Waals surface area contributed by atoms with Crippen LogP contribution >= 0.6 is 11.3 Å². The Morgan fingerprint density at radius 1 is 1.05 bits per heavy atom. The summed E-state index contributed by atoms with van der Waals surface area (Å²) in [7, 11) is 0. The van der Waals surface area contributed by atoms with Crippen LogP contribution in [-0.4, -0.2) is 19.8 Å². The SMILES string of the molecule is FC(F)(F)c1nnc2sc(C=Cc3ccccc3)nn12. The highest BCUT2D eigenvalue weighted by Gasteiger charge is 2.38. The minimum absolute atomic E-state index is 0.116. The highest BCUT2D eigenvalue weighted by atomic mass is 32.1. The van der Waals surface area contributed by atoms with Crippen LogP contribution in [0.1, 0.15) is 16.4 Å². The van der Waals surface area contributed by atoms with Crippen LogP contribution in [0, 0.1) is 0 Å². The molecule has 0 radical (unpaired) electrons. The number of nitrogens with zero attached hydrogens (tertiary/aromatic N) is 4. The van der Waals surface area contributed by atoms with E-state index < -0.39 is 12.0 Å². The fourth-order valence-corrected chi connectivity index (χ4v) is 2.35. The average Bonchev–Trinajstić information content (AvgIpc) is 2.95. The summed E-state index contributed by atoms with van der Waals surface area (Å²) in [5.74, 6) is -1.11. The average molecular weight is 296 g/mol. The highest BCUT2D eigenvalue weighted by molar-refractivity contribution is 7.17. The number of fused-ring (bicyclic) bond motifs is 1. The lowest BCUT2D eigenvalue weighted by Crippen LogP contribution is -2.11. The molecule has 0 aliphatic carbocycles. The van der Waals surface area contributed by atoms with Crippen LogP contribution in [0.4, 0.5) is 13.2 Å². The summed E-state index contributed by atoms with van der Waals surface area (Å²) in [4.78, 5) is 0.116. The quantitative estimate of drug-likeness (QED) is 0.728. The van der Waals surface area contributed by atoms with Gasteiger partial charge in [-0.2, -0.15) is 22.8 Å². The van der Waals surface area contributed by atoms with Crippen molar-refractivity contribution < 1.29 is 13.2 Å². The summed E-state index contributed by atoms with van der Waals surface area (Å²) in [5.41, 5.74) is 0.939. The van der Waals surface area contributed by atoms with Gasteiger partial charge in [0.1, 0.15) is 5.01 Å². The van der Waals surface area contributed by atoms with Gasteiger partial charge in [0.2, 0.25) is 4.96 Å². The molecule has 8 heteroatoms. The monoisotopic (exact) mass is 296 g/mol. The Hall–Kier alpha value is -2.22. The normalized spacial score (nSPS) is 12.6. The van der Waals surface area contributed by atoms with Gasteiger partial charge in [0, 0.05) is 0 Å². The minimum Gasteiger partial charge on any atom is -0.178 e. The first-order valence-electron chi connectivity index (χ1n) is 5.56. The molecule has 0 aliphatic heterocycles. The van der Waals surface area contributed by atoms with Crippen LogP contribution in [0.2, 0.25) is 0 Å². The van der Waals surface area contributed by atoms with Crippen LogP contribution in [0.15, 0.2) is 30.3 Å². The third-order valence-electron chi connectivity index (χ3n) is 2.48. The lowest BCUT2D eigenvalue weighted by molar-refractivity contribution is -0.146. The smallest absolute Gasteiger partial charge is 0.178 e. The zero-order chi connectivity index (χ0) is 14.2.